The smallest absolute Gasteiger partial charge is 0.433 e. The van der Waals surface area contributed by atoms with Crippen LogP contribution in [0.1, 0.15) is 16.8 Å². The Morgan fingerprint density at radius 2 is 1.85 bits per heavy atom. The molecule has 3 rings (SSSR count). The molecule has 0 bridgehead atoms. The van der Waals surface area contributed by atoms with Crippen molar-refractivity contribution in [3.63, 3.8) is 0 Å². The van der Waals surface area contributed by atoms with Crippen LogP contribution in [0.3, 0.4) is 0 Å². The highest BCUT2D eigenvalue weighted by atomic mass is 79.9. The fraction of sp³-hybridized carbons (Fsp3) is 0.211. The number of ether oxygens (including phenoxy) is 1. The van der Waals surface area contributed by atoms with E-state index in [0.717, 1.165) is 26.3 Å². The van der Waals surface area contributed by atoms with Crippen molar-refractivity contribution in [2.45, 2.75) is 19.7 Å². The lowest BCUT2D eigenvalue weighted by molar-refractivity contribution is -0.143. The molecule has 0 aliphatic rings. The molecule has 0 spiro atoms. The zero-order chi connectivity index (χ0) is 18.9. The van der Waals surface area contributed by atoms with E-state index in [9.17, 15) is 13.2 Å². The highest BCUT2D eigenvalue weighted by Crippen LogP contribution is 2.33. The summed E-state index contributed by atoms with van der Waals surface area (Å²) in [6.07, 6.45) is -4.43. The summed E-state index contributed by atoms with van der Waals surface area (Å²) in [5.74, 6) is 0.677. The monoisotopic (exact) mass is 424 g/mol. The number of aromatic nitrogens is 2. The second kappa shape index (κ2) is 7.15. The molecule has 0 radical (unpaired) electrons. The number of alkyl halides is 3. The normalized spacial score (nSPS) is 11.6. The van der Waals surface area contributed by atoms with Crippen molar-refractivity contribution in [1.29, 1.82) is 0 Å². The van der Waals surface area contributed by atoms with Crippen molar-refractivity contribution in [3.8, 4) is 17.0 Å². The molecular weight excluding hydrogens is 409 g/mol. The van der Waals surface area contributed by atoms with Gasteiger partial charge >= 0.3 is 6.18 Å². The van der Waals surface area contributed by atoms with Gasteiger partial charge in [-0.05, 0) is 42.8 Å². The van der Waals surface area contributed by atoms with E-state index in [1.807, 2.05) is 31.2 Å². The first-order valence-corrected chi connectivity index (χ1v) is 8.63. The van der Waals surface area contributed by atoms with Crippen molar-refractivity contribution in [2.24, 2.45) is 7.05 Å². The number of aryl methyl sites for hydroxylation is 2. The van der Waals surface area contributed by atoms with Crippen molar-refractivity contribution in [2.75, 3.05) is 0 Å². The SMILES string of the molecule is Cc1cc(-c2cc(C(F)(F)F)n(C)n2)ccc1OCc1ccccc1Br. The molecule has 0 unspecified atom stereocenters. The maximum Gasteiger partial charge on any atom is 0.433 e. The van der Waals surface area contributed by atoms with Gasteiger partial charge in [0.15, 0.2) is 0 Å². The summed E-state index contributed by atoms with van der Waals surface area (Å²) in [5.41, 5.74) is 1.95. The molecule has 7 heteroatoms. The lowest BCUT2D eigenvalue weighted by Crippen LogP contribution is -2.11. The van der Waals surface area contributed by atoms with Crippen LogP contribution in [0.2, 0.25) is 0 Å². The Hall–Kier alpha value is -2.28. The maximum atomic E-state index is 12.9. The van der Waals surface area contributed by atoms with Crippen LogP contribution in [0.4, 0.5) is 13.2 Å². The Labute approximate surface area is 157 Å². The second-order valence-corrected chi connectivity index (χ2v) is 6.75. The minimum atomic E-state index is -4.43. The molecular formula is C19H16BrF3N2O. The molecule has 0 saturated heterocycles. The van der Waals surface area contributed by atoms with Crippen LogP contribution in [-0.4, -0.2) is 9.78 Å². The third-order valence-electron chi connectivity index (χ3n) is 3.98. The van der Waals surface area contributed by atoms with Gasteiger partial charge in [-0.15, -0.1) is 0 Å². The molecule has 0 fully saturated rings. The first-order valence-electron chi connectivity index (χ1n) is 7.84. The average Bonchev–Trinajstić information content (AvgIpc) is 2.97. The minimum Gasteiger partial charge on any atom is -0.489 e. The topological polar surface area (TPSA) is 27.1 Å². The van der Waals surface area contributed by atoms with Gasteiger partial charge in [0.2, 0.25) is 0 Å². The highest BCUT2D eigenvalue weighted by molar-refractivity contribution is 9.10. The van der Waals surface area contributed by atoms with Gasteiger partial charge < -0.3 is 4.74 Å². The van der Waals surface area contributed by atoms with Gasteiger partial charge in [-0.2, -0.15) is 18.3 Å². The fourth-order valence-electron chi connectivity index (χ4n) is 2.62. The molecule has 0 N–H and O–H groups in total. The summed E-state index contributed by atoms with van der Waals surface area (Å²) in [7, 11) is 1.29. The van der Waals surface area contributed by atoms with E-state index in [1.165, 1.54) is 7.05 Å². The van der Waals surface area contributed by atoms with E-state index in [0.29, 0.717) is 17.9 Å². The molecule has 0 atom stereocenters. The number of rotatable bonds is 4. The second-order valence-electron chi connectivity index (χ2n) is 5.90. The summed E-state index contributed by atoms with van der Waals surface area (Å²) < 4.78 is 46.4. The lowest BCUT2D eigenvalue weighted by Gasteiger charge is -2.11. The predicted octanol–water partition coefficient (Wildman–Crippen LogP) is 5.76. The lowest BCUT2D eigenvalue weighted by atomic mass is 10.1. The third kappa shape index (κ3) is 3.93. The average molecular weight is 425 g/mol. The zero-order valence-corrected chi connectivity index (χ0v) is 15.7. The summed E-state index contributed by atoms with van der Waals surface area (Å²) in [6, 6.07) is 14.0. The molecule has 0 amide bonds. The van der Waals surface area contributed by atoms with Crippen molar-refractivity contribution in [1.82, 2.24) is 9.78 Å². The van der Waals surface area contributed by atoms with Crippen molar-refractivity contribution in [3.05, 3.63) is 69.8 Å². The van der Waals surface area contributed by atoms with Gasteiger partial charge in [-0.25, -0.2) is 0 Å². The quantitative estimate of drug-likeness (QED) is 0.532. The maximum absolute atomic E-state index is 12.9. The largest absolute Gasteiger partial charge is 0.489 e. The molecule has 2 aromatic carbocycles. The Bertz CT molecular complexity index is 935. The van der Waals surface area contributed by atoms with Crippen LogP contribution < -0.4 is 4.74 Å². The summed E-state index contributed by atoms with van der Waals surface area (Å²) in [4.78, 5) is 0. The molecule has 136 valence electrons. The van der Waals surface area contributed by atoms with E-state index in [-0.39, 0.29) is 5.69 Å². The summed E-state index contributed by atoms with van der Waals surface area (Å²) in [6.45, 7) is 2.25. The van der Waals surface area contributed by atoms with Gasteiger partial charge in [0, 0.05) is 22.6 Å². The summed E-state index contributed by atoms with van der Waals surface area (Å²) >= 11 is 3.47. The van der Waals surface area contributed by atoms with Gasteiger partial charge in [-0.3, -0.25) is 4.68 Å². The Kier molecular flexibility index (Phi) is 5.09. The van der Waals surface area contributed by atoms with Gasteiger partial charge in [0.1, 0.15) is 18.1 Å². The van der Waals surface area contributed by atoms with E-state index in [2.05, 4.69) is 21.0 Å². The van der Waals surface area contributed by atoms with Gasteiger partial charge in [0.05, 0.1) is 5.69 Å². The molecule has 3 nitrogen and oxygen atoms in total. The first kappa shape index (κ1) is 18.5. The number of nitrogens with zero attached hydrogens (tertiary/aromatic N) is 2. The molecule has 26 heavy (non-hydrogen) atoms. The fourth-order valence-corrected chi connectivity index (χ4v) is 3.01. The number of benzene rings is 2. The van der Waals surface area contributed by atoms with Crippen LogP contribution in [0.25, 0.3) is 11.3 Å². The summed E-state index contributed by atoms with van der Waals surface area (Å²) in [5, 5.41) is 3.97. The van der Waals surface area contributed by atoms with Crippen LogP contribution in [0.15, 0.2) is 53.0 Å². The molecule has 3 aromatic rings. The number of hydrogen-bond acceptors (Lipinski definition) is 2. The Morgan fingerprint density at radius 1 is 1.12 bits per heavy atom. The molecule has 0 aliphatic heterocycles. The molecule has 0 saturated carbocycles. The van der Waals surface area contributed by atoms with Crippen LogP contribution in [0.5, 0.6) is 5.75 Å². The number of hydrogen-bond donors (Lipinski definition) is 0. The third-order valence-corrected chi connectivity index (χ3v) is 4.76. The van der Waals surface area contributed by atoms with Crippen LogP contribution in [-0.2, 0) is 19.8 Å². The molecule has 1 heterocycles. The van der Waals surface area contributed by atoms with Gasteiger partial charge in [-0.1, -0.05) is 34.1 Å². The first-order chi connectivity index (χ1) is 12.3. The number of halogens is 4. The van der Waals surface area contributed by atoms with Gasteiger partial charge in [0.25, 0.3) is 0 Å². The minimum absolute atomic E-state index is 0.278. The Morgan fingerprint density at radius 3 is 2.46 bits per heavy atom. The standard InChI is InChI=1S/C19H16BrF3N2O/c1-12-9-13(16-10-18(19(21,22)23)25(2)24-16)7-8-17(12)26-11-14-5-3-4-6-15(14)20/h3-10H,11H2,1-2H3. The van der Waals surface area contributed by atoms with E-state index in [1.54, 1.807) is 18.2 Å². The van der Waals surface area contributed by atoms with E-state index >= 15 is 0 Å². The van der Waals surface area contributed by atoms with Crippen molar-refractivity contribution >= 4 is 15.9 Å². The highest BCUT2D eigenvalue weighted by Gasteiger charge is 2.35. The molecule has 0 aliphatic carbocycles. The predicted molar refractivity (Wildman–Crippen MR) is 96.9 cm³/mol. The van der Waals surface area contributed by atoms with E-state index in [4.69, 9.17) is 4.74 Å². The van der Waals surface area contributed by atoms with Crippen LogP contribution in [0, 0.1) is 6.92 Å². The molecule has 1 aromatic heterocycles. The Balaban J connectivity index is 1.81. The van der Waals surface area contributed by atoms with Crippen LogP contribution >= 0.6 is 15.9 Å². The zero-order valence-electron chi connectivity index (χ0n) is 14.1. The van der Waals surface area contributed by atoms with Crippen molar-refractivity contribution < 1.29 is 17.9 Å². The van der Waals surface area contributed by atoms with E-state index < -0.39 is 11.9 Å².